The summed E-state index contributed by atoms with van der Waals surface area (Å²) in [6.07, 6.45) is 0.602. The van der Waals surface area contributed by atoms with Gasteiger partial charge in [-0.3, -0.25) is 0 Å². The van der Waals surface area contributed by atoms with Gasteiger partial charge in [-0.25, -0.2) is 8.42 Å². The summed E-state index contributed by atoms with van der Waals surface area (Å²) in [7, 11) is -5.39. The van der Waals surface area contributed by atoms with E-state index < -0.39 is 22.5 Å². The second kappa shape index (κ2) is 4.18. The molecule has 5 heteroatoms. The van der Waals surface area contributed by atoms with E-state index in [1.54, 1.807) is 24.3 Å². The summed E-state index contributed by atoms with van der Waals surface area (Å²) in [5.74, 6) is 0. The number of epoxide rings is 1. The fraction of sp³-hybridized carbons (Fsp3) is 0.538. The van der Waals surface area contributed by atoms with Crippen molar-refractivity contribution in [3.05, 3.63) is 30.3 Å². The summed E-state index contributed by atoms with van der Waals surface area (Å²) in [4.78, 5) is 0.378. The van der Waals surface area contributed by atoms with Crippen molar-refractivity contribution >= 4 is 17.9 Å². The second-order valence-corrected chi connectivity index (χ2v) is 13.4. The van der Waals surface area contributed by atoms with Crippen LogP contribution in [0, 0.1) is 0 Å². The summed E-state index contributed by atoms with van der Waals surface area (Å²) in [5, 5.41) is 0. The van der Waals surface area contributed by atoms with E-state index in [1.807, 2.05) is 13.0 Å². The van der Waals surface area contributed by atoms with E-state index in [-0.39, 0.29) is 6.10 Å². The fourth-order valence-electron chi connectivity index (χ4n) is 2.60. The van der Waals surface area contributed by atoms with Crippen LogP contribution in [0.25, 0.3) is 0 Å². The van der Waals surface area contributed by atoms with Crippen LogP contribution in [0.3, 0.4) is 0 Å². The van der Waals surface area contributed by atoms with E-state index in [4.69, 9.17) is 4.74 Å². The molecule has 100 valence electrons. The Balaban J connectivity index is 2.53. The van der Waals surface area contributed by atoms with Gasteiger partial charge in [-0.05, 0) is 18.6 Å². The van der Waals surface area contributed by atoms with Gasteiger partial charge in [0.15, 0.2) is 4.56 Å². The minimum Gasteiger partial charge on any atom is -0.353 e. The van der Waals surface area contributed by atoms with Gasteiger partial charge in [0.2, 0.25) is 9.84 Å². The molecule has 0 radical (unpaired) electrons. The number of rotatable bonds is 4. The van der Waals surface area contributed by atoms with Gasteiger partial charge in [-0.15, -0.1) is 0 Å². The molecule has 0 bridgehead atoms. The average Bonchev–Trinajstić information content (AvgIpc) is 3.06. The Hall–Kier alpha value is -0.653. The second-order valence-electron chi connectivity index (χ2n) is 5.75. The lowest BCUT2D eigenvalue weighted by Crippen LogP contribution is -2.49. The smallest absolute Gasteiger partial charge is 0.207 e. The van der Waals surface area contributed by atoms with Crippen molar-refractivity contribution in [3.8, 4) is 0 Å². The predicted molar refractivity (Wildman–Crippen MR) is 74.9 cm³/mol. The highest BCUT2D eigenvalue weighted by molar-refractivity contribution is 7.95. The summed E-state index contributed by atoms with van der Waals surface area (Å²) < 4.78 is 30.5. The fourth-order valence-corrected chi connectivity index (χ4v) is 9.47. The number of hydrogen-bond donors (Lipinski definition) is 0. The average molecular weight is 284 g/mol. The highest BCUT2D eigenvalue weighted by Crippen LogP contribution is 2.52. The summed E-state index contributed by atoms with van der Waals surface area (Å²) in [5.41, 5.74) is 0. The van der Waals surface area contributed by atoms with Crippen LogP contribution < -0.4 is 0 Å². The van der Waals surface area contributed by atoms with Gasteiger partial charge in [-0.1, -0.05) is 44.8 Å². The number of hydrogen-bond acceptors (Lipinski definition) is 3. The highest BCUT2D eigenvalue weighted by atomic mass is 32.2. The van der Waals surface area contributed by atoms with E-state index in [9.17, 15) is 8.42 Å². The van der Waals surface area contributed by atoms with Crippen LogP contribution in [0.4, 0.5) is 0 Å². The van der Waals surface area contributed by atoms with Crippen LogP contribution in [0.5, 0.6) is 0 Å². The first-order valence-corrected chi connectivity index (χ1v) is 11.2. The Morgan fingerprint density at radius 3 is 2.17 bits per heavy atom. The third kappa shape index (κ3) is 1.76. The molecule has 1 aliphatic heterocycles. The van der Waals surface area contributed by atoms with Crippen molar-refractivity contribution in [2.45, 2.75) is 48.5 Å². The van der Waals surface area contributed by atoms with Crippen LogP contribution in [0.2, 0.25) is 19.6 Å². The Morgan fingerprint density at radius 1 is 1.22 bits per heavy atom. The van der Waals surface area contributed by atoms with Crippen LogP contribution >= 0.6 is 0 Å². The molecule has 0 unspecified atom stereocenters. The van der Waals surface area contributed by atoms with Crippen molar-refractivity contribution in [2.24, 2.45) is 0 Å². The van der Waals surface area contributed by atoms with Crippen molar-refractivity contribution in [1.82, 2.24) is 0 Å². The maximum Gasteiger partial charge on any atom is 0.207 e. The van der Waals surface area contributed by atoms with Crippen LogP contribution in [-0.4, -0.2) is 27.2 Å². The normalized spacial score (nSPS) is 28.1. The molecule has 1 saturated heterocycles. The maximum atomic E-state index is 12.8. The van der Waals surface area contributed by atoms with Crippen LogP contribution in [0.1, 0.15) is 13.3 Å². The molecule has 1 fully saturated rings. The van der Waals surface area contributed by atoms with Crippen molar-refractivity contribution in [2.75, 3.05) is 0 Å². The molecule has 2 atom stereocenters. The Bertz CT molecular complexity index is 533. The number of sulfone groups is 1. The van der Waals surface area contributed by atoms with Crippen molar-refractivity contribution in [3.63, 3.8) is 0 Å². The molecule has 18 heavy (non-hydrogen) atoms. The zero-order chi connectivity index (χ0) is 13.6. The van der Waals surface area contributed by atoms with Gasteiger partial charge in [-0.2, -0.15) is 0 Å². The monoisotopic (exact) mass is 284 g/mol. The van der Waals surface area contributed by atoms with E-state index in [0.29, 0.717) is 4.90 Å². The molecule has 0 amide bonds. The molecule has 1 aromatic carbocycles. The topological polar surface area (TPSA) is 46.7 Å². The molecule has 0 spiro atoms. The molecular weight excluding hydrogens is 264 g/mol. The molecule has 2 rings (SSSR count). The number of ether oxygens (including phenoxy) is 1. The number of benzene rings is 1. The van der Waals surface area contributed by atoms with E-state index in [0.717, 1.165) is 6.42 Å². The zero-order valence-electron chi connectivity index (χ0n) is 11.3. The summed E-state index contributed by atoms with van der Waals surface area (Å²) in [6.45, 7) is 8.16. The summed E-state index contributed by atoms with van der Waals surface area (Å²) in [6, 6.07) is 8.66. The minimum atomic E-state index is -3.41. The first-order valence-electron chi connectivity index (χ1n) is 6.25. The van der Waals surface area contributed by atoms with Gasteiger partial charge in [0.05, 0.1) is 11.0 Å². The van der Waals surface area contributed by atoms with Crippen molar-refractivity contribution in [1.29, 1.82) is 0 Å². The quantitative estimate of drug-likeness (QED) is 0.631. The molecule has 0 aromatic heterocycles. The lowest BCUT2D eigenvalue weighted by atomic mass is 10.4. The lowest BCUT2D eigenvalue weighted by molar-refractivity contribution is 0.372. The van der Waals surface area contributed by atoms with E-state index >= 15 is 0 Å². The van der Waals surface area contributed by atoms with Gasteiger partial charge in [0.1, 0.15) is 8.07 Å². The molecule has 1 aliphatic rings. The largest absolute Gasteiger partial charge is 0.353 e. The minimum absolute atomic E-state index is 0.144. The van der Waals surface area contributed by atoms with Gasteiger partial charge in [0.25, 0.3) is 0 Å². The zero-order valence-corrected chi connectivity index (χ0v) is 13.1. The lowest BCUT2D eigenvalue weighted by Gasteiger charge is -2.26. The summed E-state index contributed by atoms with van der Waals surface area (Å²) >= 11 is 0. The third-order valence-electron chi connectivity index (χ3n) is 3.55. The maximum absolute atomic E-state index is 12.8. The molecule has 0 N–H and O–H groups in total. The van der Waals surface area contributed by atoms with Gasteiger partial charge in [0, 0.05) is 0 Å². The predicted octanol–water partition coefficient (Wildman–Crippen LogP) is 2.84. The molecule has 0 aliphatic carbocycles. The van der Waals surface area contributed by atoms with Crippen LogP contribution in [0.15, 0.2) is 35.2 Å². The van der Waals surface area contributed by atoms with E-state index in [1.165, 1.54) is 0 Å². The Morgan fingerprint density at radius 2 is 1.78 bits per heavy atom. The third-order valence-corrected chi connectivity index (χ3v) is 10.8. The first-order chi connectivity index (χ1) is 8.27. The highest BCUT2D eigenvalue weighted by Gasteiger charge is 2.71. The SMILES string of the molecule is CC[C@H]1O[C@]1([Si](C)(C)C)S(=O)(=O)c1ccccc1. The molecular formula is C13H20O3SSi. The van der Waals surface area contributed by atoms with E-state index in [2.05, 4.69) is 19.6 Å². The van der Waals surface area contributed by atoms with Crippen molar-refractivity contribution < 1.29 is 13.2 Å². The molecule has 3 nitrogen and oxygen atoms in total. The molecule has 1 aromatic rings. The standard InChI is InChI=1S/C13H20O3SSi/c1-5-12-13(16-12,18(2,3)4)17(14,15)11-9-7-6-8-10-11/h6-10,12H,5H2,1-4H3/t12-,13+/m1/s1. The Kier molecular flexibility index (Phi) is 3.20. The Labute approximate surface area is 110 Å². The molecule has 1 heterocycles. The molecule has 0 saturated carbocycles. The first kappa shape index (κ1) is 13.8. The van der Waals surface area contributed by atoms with Crippen LogP contribution in [-0.2, 0) is 14.6 Å². The van der Waals surface area contributed by atoms with Gasteiger partial charge >= 0.3 is 0 Å². The van der Waals surface area contributed by atoms with Gasteiger partial charge < -0.3 is 4.74 Å².